The Morgan fingerprint density at radius 3 is 2.87 bits per heavy atom. The number of furan rings is 1. The fourth-order valence-corrected chi connectivity index (χ4v) is 3.14. The van der Waals surface area contributed by atoms with E-state index in [0.29, 0.717) is 18.3 Å². The van der Waals surface area contributed by atoms with E-state index in [1.165, 1.54) is 0 Å². The molecular weight excluding hydrogens is 292 g/mol. The van der Waals surface area contributed by atoms with Gasteiger partial charge in [0.1, 0.15) is 11.9 Å². The van der Waals surface area contributed by atoms with Gasteiger partial charge in [-0.15, -0.1) is 0 Å². The van der Waals surface area contributed by atoms with Crippen LogP contribution in [-0.2, 0) is 0 Å². The molecule has 1 aromatic heterocycles. The first-order valence-corrected chi connectivity index (χ1v) is 8.68. The van der Waals surface area contributed by atoms with E-state index >= 15 is 0 Å². The number of nitrogens with zero attached hydrogens (tertiary/aromatic N) is 3. The normalized spacial score (nSPS) is 20.3. The summed E-state index contributed by atoms with van der Waals surface area (Å²) in [4.78, 5) is 9.39. The van der Waals surface area contributed by atoms with Gasteiger partial charge in [-0.1, -0.05) is 13.8 Å². The van der Waals surface area contributed by atoms with E-state index in [1.807, 2.05) is 0 Å². The summed E-state index contributed by atoms with van der Waals surface area (Å²) in [6.07, 6.45) is 2.04. The molecule has 2 rings (SSSR count). The van der Waals surface area contributed by atoms with Crippen molar-refractivity contribution >= 4 is 5.96 Å². The van der Waals surface area contributed by atoms with Gasteiger partial charge in [0.05, 0.1) is 12.8 Å². The predicted octanol–water partition coefficient (Wildman–Crippen LogP) is 1.69. The molecule has 1 aromatic rings. The minimum Gasteiger partial charge on any atom is -0.467 e. The quantitative estimate of drug-likeness (QED) is 0.591. The van der Waals surface area contributed by atoms with Crippen molar-refractivity contribution in [3.05, 3.63) is 24.2 Å². The van der Waals surface area contributed by atoms with E-state index < -0.39 is 6.10 Å². The lowest BCUT2D eigenvalue weighted by Crippen LogP contribution is -2.43. The van der Waals surface area contributed by atoms with Gasteiger partial charge in [0.2, 0.25) is 0 Å². The molecule has 2 unspecified atom stereocenters. The maximum Gasteiger partial charge on any atom is 0.194 e. The molecule has 1 fully saturated rings. The van der Waals surface area contributed by atoms with Crippen LogP contribution in [0.2, 0.25) is 0 Å². The number of likely N-dealkylation sites (tertiary alicyclic amines) is 1. The van der Waals surface area contributed by atoms with Crippen LogP contribution in [0.15, 0.2) is 27.8 Å². The van der Waals surface area contributed by atoms with Crippen molar-refractivity contribution in [2.24, 2.45) is 4.99 Å². The fourth-order valence-electron chi connectivity index (χ4n) is 3.14. The molecule has 0 radical (unpaired) electrons. The highest BCUT2D eigenvalue weighted by atomic mass is 16.4. The monoisotopic (exact) mass is 322 g/mol. The molecule has 6 nitrogen and oxygen atoms in total. The molecule has 1 aliphatic heterocycles. The molecule has 23 heavy (non-hydrogen) atoms. The maximum atomic E-state index is 10.1. The molecule has 0 spiro atoms. The summed E-state index contributed by atoms with van der Waals surface area (Å²) in [5.74, 6) is 1.44. The molecule has 6 heteroatoms. The largest absolute Gasteiger partial charge is 0.467 e. The number of aliphatic hydroxyl groups is 1. The van der Waals surface area contributed by atoms with Crippen LogP contribution in [0.5, 0.6) is 0 Å². The summed E-state index contributed by atoms with van der Waals surface area (Å²) in [5, 5.41) is 13.5. The molecule has 0 amide bonds. The van der Waals surface area contributed by atoms with Crippen LogP contribution >= 0.6 is 0 Å². The number of guanidine groups is 1. The van der Waals surface area contributed by atoms with Crippen molar-refractivity contribution in [2.45, 2.75) is 39.3 Å². The lowest BCUT2D eigenvalue weighted by molar-refractivity contribution is 0.158. The lowest BCUT2D eigenvalue weighted by Gasteiger charge is -2.27. The van der Waals surface area contributed by atoms with Crippen LogP contribution in [0.25, 0.3) is 0 Å². The summed E-state index contributed by atoms with van der Waals surface area (Å²) in [5.41, 5.74) is 0. The van der Waals surface area contributed by atoms with Crippen LogP contribution in [0.4, 0.5) is 0 Å². The van der Waals surface area contributed by atoms with Crippen molar-refractivity contribution in [3.63, 3.8) is 0 Å². The summed E-state index contributed by atoms with van der Waals surface area (Å²) in [6.45, 7) is 11.8. The third-order valence-electron chi connectivity index (χ3n) is 4.41. The van der Waals surface area contributed by atoms with Crippen LogP contribution in [-0.4, -0.2) is 66.2 Å². The molecule has 0 bridgehead atoms. The van der Waals surface area contributed by atoms with E-state index in [0.717, 1.165) is 45.1 Å². The molecule has 130 valence electrons. The van der Waals surface area contributed by atoms with Gasteiger partial charge >= 0.3 is 0 Å². The summed E-state index contributed by atoms with van der Waals surface area (Å²) < 4.78 is 5.23. The minimum absolute atomic E-state index is 0.308. The second-order valence-corrected chi connectivity index (χ2v) is 5.84. The van der Waals surface area contributed by atoms with Crippen LogP contribution in [0, 0.1) is 0 Å². The van der Waals surface area contributed by atoms with Crippen LogP contribution in [0.1, 0.15) is 39.1 Å². The number of aliphatic hydroxyl groups excluding tert-OH is 1. The second kappa shape index (κ2) is 8.93. The van der Waals surface area contributed by atoms with E-state index in [9.17, 15) is 5.11 Å². The summed E-state index contributed by atoms with van der Waals surface area (Å²) >= 11 is 0. The standard InChI is InChI=1S/C17H30N4O2/c1-4-18-17(19-12-15(22)16-8-7-11-23-16)21-10-9-14(13-21)20(5-2)6-3/h7-8,11,14-15,22H,4-6,9-10,12-13H2,1-3H3,(H,18,19). The van der Waals surface area contributed by atoms with Gasteiger partial charge < -0.3 is 19.7 Å². The molecule has 0 aliphatic carbocycles. The highest BCUT2D eigenvalue weighted by Crippen LogP contribution is 2.17. The van der Waals surface area contributed by atoms with Gasteiger partial charge in [-0.25, -0.2) is 4.99 Å². The van der Waals surface area contributed by atoms with E-state index in [-0.39, 0.29) is 0 Å². The molecule has 1 aliphatic rings. The number of rotatable bonds is 7. The highest BCUT2D eigenvalue weighted by Gasteiger charge is 2.28. The number of nitrogens with one attached hydrogen (secondary N) is 1. The smallest absolute Gasteiger partial charge is 0.194 e. The summed E-state index contributed by atoms with van der Waals surface area (Å²) in [7, 11) is 0. The third-order valence-corrected chi connectivity index (χ3v) is 4.41. The van der Waals surface area contributed by atoms with E-state index in [4.69, 9.17) is 4.42 Å². The Balaban J connectivity index is 1.96. The second-order valence-electron chi connectivity index (χ2n) is 5.84. The number of aliphatic imine (C=N–C) groups is 1. The molecular formula is C17H30N4O2. The Bertz CT molecular complexity index is 471. The third kappa shape index (κ3) is 4.72. The molecule has 0 aromatic carbocycles. The first-order chi connectivity index (χ1) is 11.2. The van der Waals surface area contributed by atoms with Crippen molar-refractivity contribution in [1.29, 1.82) is 0 Å². The Labute approximate surface area is 139 Å². The zero-order valence-corrected chi connectivity index (χ0v) is 14.5. The average molecular weight is 322 g/mol. The SMILES string of the molecule is CCNC(=NCC(O)c1ccco1)N1CCC(N(CC)CC)C1. The molecule has 2 heterocycles. The average Bonchev–Trinajstić information content (AvgIpc) is 3.24. The van der Waals surface area contributed by atoms with Gasteiger partial charge in [-0.05, 0) is 38.6 Å². The van der Waals surface area contributed by atoms with Crippen molar-refractivity contribution in [3.8, 4) is 0 Å². The minimum atomic E-state index is -0.695. The lowest BCUT2D eigenvalue weighted by atomic mass is 10.2. The number of likely N-dealkylation sites (N-methyl/N-ethyl adjacent to an activating group) is 1. The van der Waals surface area contributed by atoms with E-state index in [1.54, 1.807) is 18.4 Å². The maximum absolute atomic E-state index is 10.1. The highest BCUT2D eigenvalue weighted by molar-refractivity contribution is 5.80. The van der Waals surface area contributed by atoms with E-state index in [2.05, 4.69) is 40.9 Å². The van der Waals surface area contributed by atoms with Crippen LogP contribution in [0.3, 0.4) is 0 Å². The van der Waals surface area contributed by atoms with Crippen molar-refractivity contribution < 1.29 is 9.52 Å². The topological polar surface area (TPSA) is 64.2 Å². The van der Waals surface area contributed by atoms with Gasteiger partial charge in [0.15, 0.2) is 5.96 Å². The van der Waals surface area contributed by atoms with Crippen LogP contribution < -0.4 is 5.32 Å². The van der Waals surface area contributed by atoms with Gasteiger partial charge in [-0.2, -0.15) is 0 Å². The number of hydrogen-bond donors (Lipinski definition) is 2. The summed E-state index contributed by atoms with van der Waals surface area (Å²) in [6, 6.07) is 4.14. The Kier molecular flexibility index (Phi) is 6.92. The molecule has 1 saturated heterocycles. The van der Waals surface area contributed by atoms with Gasteiger partial charge in [0, 0.05) is 25.7 Å². The molecule has 2 atom stereocenters. The van der Waals surface area contributed by atoms with Gasteiger partial charge in [0.25, 0.3) is 0 Å². The zero-order chi connectivity index (χ0) is 16.7. The Hall–Kier alpha value is -1.53. The fraction of sp³-hybridized carbons (Fsp3) is 0.706. The van der Waals surface area contributed by atoms with Gasteiger partial charge in [-0.3, -0.25) is 4.90 Å². The Morgan fingerprint density at radius 1 is 1.48 bits per heavy atom. The van der Waals surface area contributed by atoms with Crippen molar-refractivity contribution in [2.75, 3.05) is 39.3 Å². The van der Waals surface area contributed by atoms with Crippen molar-refractivity contribution in [1.82, 2.24) is 15.1 Å². The predicted molar refractivity (Wildman–Crippen MR) is 92.5 cm³/mol. The first-order valence-electron chi connectivity index (χ1n) is 8.68. The molecule has 2 N–H and O–H groups in total. The zero-order valence-electron chi connectivity index (χ0n) is 14.5. The number of hydrogen-bond acceptors (Lipinski definition) is 4. The first kappa shape index (κ1) is 17.8. The Morgan fingerprint density at radius 2 is 2.26 bits per heavy atom. The molecule has 0 saturated carbocycles.